The fourth-order valence-electron chi connectivity index (χ4n) is 1.60. The third-order valence-corrected chi connectivity index (χ3v) is 2.35. The number of halogens is 2. The number of rotatable bonds is 3. The molecule has 2 rings (SSSR count). The second kappa shape index (κ2) is 7.27. The first kappa shape index (κ1) is 15.9. The van der Waals surface area contributed by atoms with Gasteiger partial charge in [-0.2, -0.15) is 0 Å². The van der Waals surface area contributed by atoms with Crippen molar-refractivity contribution in [2.24, 2.45) is 5.73 Å². The zero-order chi connectivity index (χ0) is 10.7. The molecule has 0 fully saturated rings. The molecule has 17 heavy (non-hydrogen) atoms. The van der Waals surface area contributed by atoms with Gasteiger partial charge in [-0.25, -0.2) is 4.98 Å². The minimum absolute atomic E-state index is 0. The Kier molecular flexibility index (Phi) is 6.80. The fraction of sp³-hybridized carbons (Fsp3) is 0.273. The highest BCUT2D eigenvalue weighted by molar-refractivity contribution is 5.85. The Balaban J connectivity index is 0.00000128. The van der Waals surface area contributed by atoms with Crippen LogP contribution in [0.1, 0.15) is 5.69 Å². The molecule has 0 aliphatic carbocycles. The number of aryl methyl sites for hydroxylation is 1. The van der Waals surface area contributed by atoms with Gasteiger partial charge in [0.1, 0.15) is 5.82 Å². The molecule has 94 valence electrons. The van der Waals surface area contributed by atoms with Gasteiger partial charge in [-0.3, -0.25) is 4.98 Å². The van der Waals surface area contributed by atoms with E-state index >= 15 is 0 Å². The van der Waals surface area contributed by atoms with Gasteiger partial charge < -0.3 is 10.3 Å². The van der Waals surface area contributed by atoms with Gasteiger partial charge in [0.2, 0.25) is 0 Å². The van der Waals surface area contributed by atoms with E-state index < -0.39 is 0 Å². The molecule has 4 nitrogen and oxygen atoms in total. The number of hydrogen-bond donors (Lipinski definition) is 1. The molecule has 0 saturated heterocycles. The fourth-order valence-corrected chi connectivity index (χ4v) is 1.60. The van der Waals surface area contributed by atoms with Crippen LogP contribution < -0.4 is 5.73 Å². The number of pyridine rings is 1. The summed E-state index contributed by atoms with van der Waals surface area (Å²) in [6, 6.07) is 3.91. The van der Waals surface area contributed by atoms with Gasteiger partial charge in [-0.15, -0.1) is 24.8 Å². The van der Waals surface area contributed by atoms with E-state index in [2.05, 4.69) is 14.5 Å². The topological polar surface area (TPSA) is 56.7 Å². The highest BCUT2D eigenvalue weighted by Crippen LogP contribution is 2.17. The maximum absolute atomic E-state index is 5.57. The first-order valence-corrected chi connectivity index (χ1v) is 4.95. The molecule has 2 heterocycles. The largest absolute Gasteiger partial charge is 0.329 e. The van der Waals surface area contributed by atoms with E-state index in [9.17, 15) is 0 Å². The summed E-state index contributed by atoms with van der Waals surface area (Å²) in [6.45, 7) is 3.45. The maximum Gasteiger partial charge on any atom is 0.140 e. The van der Waals surface area contributed by atoms with Crippen molar-refractivity contribution in [3.63, 3.8) is 0 Å². The molecule has 0 bridgehead atoms. The summed E-state index contributed by atoms with van der Waals surface area (Å²) in [5.74, 6) is 0.959. The van der Waals surface area contributed by atoms with Crippen molar-refractivity contribution in [3.05, 3.63) is 36.4 Å². The highest BCUT2D eigenvalue weighted by atomic mass is 35.5. The molecule has 0 aliphatic rings. The van der Waals surface area contributed by atoms with Crippen molar-refractivity contribution in [1.82, 2.24) is 14.5 Å². The second-order valence-corrected chi connectivity index (χ2v) is 3.40. The van der Waals surface area contributed by atoms with Crippen LogP contribution in [0.25, 0.3) is 11.4 Å². The van der Waals surface area contributed by atoms with Crippen molar-refractivity contribution < 1.29 is 0 Å². The van der Waals surface area contributed by atoms with Gasteiger partial charge in [0.15, 0.2) is 0 Å². The number of imidazole rings is 1. The van der Waals surface area contributed by atoms with Crippen molar-refractivity contribution >= 4 is 24.8 Å². The zero-order valence-electron chi connectivity index (χ0n) is 9.54. The van der Waals surface area contributed by atoms with Crippen molar-refractivity contribution in [2.75, 3.05) is 6.54 Å². The van der Waals surface area contributed by atoms with Crippen LogP contribution in [0.15, 0.2) is 30.7 Å². The van der Waals surface area contributed by atoms with Crippen LogP contribution in [0.4, 0.5) is 0 Å². The van der Waals surface area contributed by atoms with E-state index in [-0.39, 0.29) is 24.8 Å². The number of nitrogens with zero attached hydrogens (tertiary/aromatic N) is 3. The Morgan fingerprint density at radius 3 is 2.47 bits per heavy atom. The highest BCUT2D eigenvalue weighted by Gasteiger charge is 2.07. The Morgan fingerprint density at radius 2 is 1.88 bits per heavy atom. The molecule has 0 aliphatic heterocycles. The average molecular weight is 275 g/mol. The van der Waals surface area contributed by atoms with Crippen LogP contribution in [-0.4, -0.2) is 21.1 Å². The van der Waals surface area contributed by atoms with E-state index in [1.807, 2.05) is 25.3 Å². The molecular formula is C11H16Cl2N4. The molecule has 2 aromatic rings. The van der Waals surface area contributed by atoms with Crippen molar-refractivity contribution in [2.45, 2.75) is 13.5 Å². The lowest BCUT2D eigenvalue weighted by Crippen LogP contribution is -2.12. The van der Waals surface area contributed by atoms with Gasteiger partial charge in [0.25, 0.3) is 0 Å². The van der Waals surface area contributed by atoms with Crippen LogP contribution in [0.2, 0.25) is 0 Å². The summed E-state index contributed by atoms with van der Waals surface area (Å²) in [6.07, 6.45) is 5.41. The normalized spacial score (nSPS) is 9.29. The van der Waals surface area contributed by atoms with Crippen LogP contribution in [0, 0.1) is 6.92 Å². The van der Waals surface area contributed by atoms with Crippen LogP contribution in [0.5, 0.6) is 0 Å². The Bertz CT molecular complexity index is 442. The van der Waals surface area contributed by atoms with E-state index in [1.165, 1.54) is 0 Å². The number of hydrogen-bond acceptors (Lipinski definition) is 3. The average Bonchev–Trinajstić information content (AvgIpc) is 2.63. The summed E-state index contributed by atoms with van der Waals surface area (Å²) >= 11 is 0. The second-order valence-electron chi connectivity index (χ2n) is 3.40. The van der Waals surface area contributed by atoms with E-state index in [4.69, 9.17) is 5.73 Å². The van der Waals surface area contributed by atoms with Crippen molar-refractivity contribution in [3.8, 4) is 11.4 Å². The van der Waals surface area contributed by atoms with Gasteiger partial charge in [-0.05, 0) is 19.1 Å². The number of aromatic nitrogens is 3. The third kappa shape index (κ3) is 3.43. The van der Waals surface area contributed by atoms with Gasteiger partial charge in [0.05, 0.1) is 0 Å². The first-order chi connectivity index (χ1) is 7.33. The first-order valence-electron chi connectivity index (χ1n) is 4.95. The molecule has 0 amide bonds. The van der Waals surface area contributed by atoms with Crippen molar-refractivity contribution in [1.29, 1.82) is 0 Å². The van der Waals surface area contributed by atoms with Crippen LogP contribution in [0.3, 0.4) is 0 Å². The smallest absolute Gasteiger partial charge is 0.140 e. The lowest BCUT2D eigenvalue weighted by Gasteiger charge is -2.07. The minimum atomic E-state index is 0. The molecule has 2 aromatic heterocycles. The Hall–Kier alpha value is -1.10. The van der Waals surface area contributed by atoms with E-state index in [0.717, 1.165) is 23.6 Å². The van der Waals surface area contributed by atoms with Crippen LogP contribution in [-0.2, 0) is 6.54 Å². The molecule has 6 heteroatoms. The summed E-state index contributed by atoms with van der Waals surface area (Å²) in [5.41, 5.74) is 7.78. The van der Waals surface area contributed by atoms with Gasteiger partial charge in [0, 0.05) is 42.9 Å². The zero-order valence-corrected chi connectivity index (χ0v) is 11.2. The SMILES string of the molecule is Cc1cnc(-c2ccncc2)n1CCN.Cl.Cl. The third-order valence-electron chi connectivity index (χ3n) is 2.35. The number of nitrogens with two attached hydrogens (primary N) is 1. The summed E-state index contributed by atoms with van der Waals surface area (Å²) in [5, 5.41) is 0. The summed E-state index contributed by atoms with van der Waals surface area (Å²) in [7, 11) is 0. The monoisotopic (exact) mass is 274 g/mol. The lowest BCUT2D eigenvalue weighted by molar-refractivity contribution is 0.696. The minimum Gasteiger partial charge on any atom is -0.329 e. The predicted octanol–water partition coefficient (Wildman–Crippen LogP) is 2.06. The molecular weight excluding hydrogens is 259 g/mol. The molecule has 0 atom stereocenters. The molecule has 0 radical (unpaired) electrons. The predicted molar refractivity (Wildman–Crippen MR) is 73.7 cm³/mol. The summed E-state index contributed by atoms with van der Waals surface area (Å²) in [4.78, 5) is 8.38. The van der Waals surface area contributed by atoms with E-state index in [0.29, 0.717) is 6.54 Å². The molecule has 0 saturated carbocycles. The molecule has 0 aromatic carbocycles. The van der Waals surface area contributed by atoms with Gasteiger partial charge in [-0.1, -0.05) is 0 Å². The quantitative estimate of drug-likeness (QED) is 0.932. The Labute approximate surface area is 113 Å². The van der Waals surface area contributed by atoms with Crippen LogP contribution >= 0.6 is 24.8 Å². The molecule has 0 unspecified atom stereocenters. The maximum atomic E-state index is 5.57. The molecule has 0 spiro atoms. The van der Waals surface area contributed by atoms with Gasteiger partial charge >= 0.3 is 0 Å². The van der Waals surface area contributed by atoms with E-state index in [1.54, 1.807) is 12.4 Å². The summed E-state index contributed by atoms with van der Waals surface area (Å²) < 4.78 is 2.12. The molecule has 2 N–H and O–H groups in total. The lowest BCUT2D eigenvalue weighted by atomic mass is 10.2. The Morgan fingerprint density at radius 1 is 1.24 bits per heavy atom. The standard InChI is InChI=1S/C11H14N4.2ClH/c1-9-8-14-11(15(9)7-4-12)10-2-5-13-6-3-10;;/h2-3,5-6,8H,4,7,12H2,1H3;2*1H.